The van der Waals surface area contributed by atoms with Crippen LogP contribution < -0.4 is 5.32 Å². The molecule has 0 aliphatic carbocycles. The van der Waals surface area contributed by atoms with Gasteiger partial charge in [0, 0.05) is 43.1 Å². The van der Waals surface area contributed by atoms with Crippen molar-refractivity contribution in [2.75, 3.05) is 0 Å². The highest BCUT2D eigenvalue weighted by Crippen LogP contribution is 2.22. The Morgan fingerprint density at radius 2 is 1.93 bits per heavy atom. The smallest absolute Gasteiger partial charge is 0.263 e. The van der Waals surface area contributed by atoms with Crippen LogP contribution in [0, 0.1) is 6.92 Å². The molecule has 0 bridgehead atoms. The summed E-state index contributed by atoms with van der Waals surface area (Å²) in [4.78, 5) is 26.1. The fourth-order valence-corrected chi connectivity index (χ4v) is 3.64. The maximum atomic E-state index is 12.6. The number of hydrogen-bond donors (Lipinski definition) is 1. The Balaban J connectivity index is 1.47. The SMILES string of the molecule is Cc1nc(-n2cccc2)sc1C(=O)NCc1ccnc(-c2ccncc2)c1. The molecular weight excluding hydrogens is 358 g/mol. The molecule has 0 aliphatic rings. The summed E-state index contributed by atoms with van der Waals surface area (Å²) in [5.41, 5.74) is 3.56. The number of aromatic nitrogens is 4. The molecule has 0 atom stereocenters. The van der Waals surface area contributed by atoms with Gasteiger partial charge in [-0.1, -0.05) is 11.3 Å². The first-order chi connectivity index (χ1) is 13.2. The van der Waals surface area contributed by atoms with E-state index in [4.69, 9.17) is 0 Å². The average molecular weight is 375 g/mol. The molecule has 4 aromatic rings. The molecule has 4 rings (SSSR count). The number of thiazole rings is 1. The molecule has 6 nitrogen and oxygen atoms in total. The summed E-state index contributed by atoms with van der Waals surface area (Å²) in [5.74, 6) is -0.120. The van der Waals surface area contributed by atoms with Gasteiger partial charge in [-0.25, -0.2) is 4.98 Å². The minimum Gasteiger partial charge on any atom is -0.347 e. The fraction of sp³-hybridized carbons (Fsp3) is 0.100. The van der Waals surface area contributed by atoms with Crippen molar-refractivity contribution in [3.05, 3.63) is 83.5 Å². The van der Waals surface area contributed by atoms with E-state index in [2.05, 4.69) is 20.3 Å². The number of pyridine rings is 2. The number of amides is 1. The van der Waals surface area contributed by atoms with Gasteiger partial charge in [-0.3, -0.25) is 14.8 Å². The van der Waals surface area contributed by atoms with Crippen LogP contribution in [0.25, 0.3) is 16.4 Å². The van der Waals surface area contributed by atoms with Crippen LogP contribution >= 0.6 is 11.3 Å². The van der Waals surface area contributed by atoms with Gasteiger partial charge in [0.25, 0.3) is 5.91 Å². The zero-order chi connectivity index (χ0) is 18.6. The molecule has 1 amide bonds. The van der Waals surface area contributed by atoms with Crippen LogP contribution in [-0.4, -0.2) is 25.4 Å². The van der Waals surface area contributed by atoms with Crippen LogP contribution in [0.4, 0.5) is 0 Å². The third-order valence-electron chi connectivity index (χ3n) is 4.07. The summed E-state index contributed by atoms with van der Waals surface area (Å²) in [7, 11) is 0. The highest BCUT2D eigenvalue weighted by molar-refractivity contribution is 7.16. The van der Waals surface area contributed by atoms with Gasteiger partial charge in [0.15, 0.2) is 5.13 Å². The second-order valence-corrected chi connectivity index (χ2v) is 6.95. The number of carbonyl (C=O) groups excluding carboxylic acids is 1. The maximum absolute atomic E-state index is 12.6. The number of aryl methyl sites for hydroxylation is 1. The molecule has 7 heteroatoms. The van der Waals surface area contributed by atoms with E-state index in [0.717, 1.165) is 27.6 Å². The molecule has 0 radical (unpaired) electrons. The van der Waals surface area contributed by atoms with Gasteiger partial charge in [0.05, 0.1) is 11.4 Å². The summed E-state index contributed by atoms with van der Waals surface area (Å²) in [6.45, 7) is 2.28. The molecule has 27 heavy (non-hydrogen) atoms. The molecule has 0 spiro atoms. The molecule has 0 saturated heterocycles. The second-order valence-electron chi connectivity index (χ2n) is 5.97. The minimum atomic E-state index is -0.120. The average Bonchev–Trinajstić information content (AvgIpc) is 3.37. The van der Waals surface area contributed by atoms with E-state index in [9.17, 15) is 4.79 Å². The number of rotatable bonds is 5. The number of nitrogens with one attached hydrogen (secondary N) is 1. The minimum absolute atomic E-state index is 0.120. The topological polar surface area (TPSA) is 72.7 Å². The Labute approximate surface area is 160 Å². The zero-order valence-corrected chi connectivity index (χ0v) is 15.5. The van der Waals surface area contributed by atoms with Crippen molar-refractivity contribution < 1.29 is 4.79 Å². The molecule has 0 aromatic carbocycles. The van der Waals surface area contributed by atoms with E-state index in [0.29, 0.717) is 11.4 Å². The van der Waals surface area contributed by atoms with Gasteiger partial charge in [-0.2, -0.15) is 0 Å². The molecule has 0 saturated carbocycles. The van der Waals surface area contributed by atoms with Crippen molar-refractivity contribution in [3.8, 4) is 16.4 Å². The van der Waals surface area contributed by atoms with E-state index < -0.39 is 0 Å². The summed E-state index contributed by atoms with van der Waals surface area (Å²) < 4.78 is 1.90. The first-order valence-corrected chi connectivity index (χ1v) is 9.26. The summed E-state index contributed by atoms with van der Waals surface area (Å²) in [6.07, 6.45) is 9.05. The van der Waals surface area contributed by atoms with Crippen LogP contribution in [0.15, 0.2) is 67.4 Å². The molecule has 0 unspecified atom stereocenters. The van der Waals surface area contributed by atoms with Gasteiger partial charge in [0.1, 0.15) is 4.88 Å². The van der Waals surface area contributed by atoms with Crippen LogP contribution in [-0.2, 0) is 6.54 Å². The lowest BCUT2D eigenvalue weighted by Crippen LogP contribution is -2.22. The van der Waals surface area contributed by atoms with E-state index in [1.165, 1.54) is 11.3 Å². The van der Waals surface area contributed by atoms with Gasteiger partial charge in [-0.15, -0.1) is 0 Å². The molecule has 134 valence electrons. The quantitative estimate of drug-likeness (QED) is 0.578. The molecule has 0 aliphatic heterocycles. The van der Waals surface area contributed by atoms with Crippen molar-refractivity contribution >= 4 is 17.2 Å². The van der Waals surface area contributed by atoms with Crippen LogP contribution in [0.1, 0.15) is 20.9 Å². The largest absolute Gasteiger partial charge is 0.347 e. The predicted octanol–water partition coefficient (Wildman–Crippen LogP) is 3.63. The Hall–Kier alpha value is -3.32. The fourth-order valence-electron chi connectivity index (χ4n) is 2.69. The number of hydrogen-bond acceptors (Lipinski definition) is 5. The van der Waals surface area contributed by atoms with Gasteiger partial charge >= 0.3 is 0 Å². The first-order valence-electron chi connectivity index (χ1n) is 8.45. The molecule has 4 aromatic heterocycles. The summed E-state index contributed by atoms with van der Waals surface area (Å²) in [6, 6.07) is 11.6. The highest BCUT2D eigenvalue weighted by Gasteiger charge is 2.16. The predicted molar refractivity (Wildman–Crippen MR) is 105 cm³/mol. The van der Waals surface area contributed by atoms with E-state index in [-0.39, 0.29) is 5.91 Å². The molecule has 4 heterocycles. The standard InChI is InChI=1S/C20H17N5OS/c1-14-18(27-20(24-14)25-10-2-3-11-25)19(26)23-13-15-4-9-22-17(12-15)16-5-7-21-8-6-16/h2-12H,13H2,1H3,(H,23,26). The zero-order valence-electron chi connectivity index (χ0n) is 14.7. The Bertz CT molecular complexity index is 1060. The third-order valence-corrected chi connectivity index (χ3v) is 5.24. The van der Waals surface area contributed by atoms with Crippen molar-refractivity contribution in [2.45, 2.75) is 13.5 Å². The maximum Gasteiger partial charge on any atom is 0.263 e. The molecular formula is C20H17N5OS. The van der Waals surface area contributed by atoms with Gasteiger partial charge in [-0.05, 0) is 48.9 Å². The lowest BCUT2D eigenvalue weighted by atomic mass is 10.1. The van der Waals surface area contributed by atoms with E-state index in [1.54, 1.807) is 18.6 Å². The van der Waals surface area contributed by atoms with Crippen LogP contribution in [0.5, 0.6) is 0 Å². The Morgan fingerprint density at radius 3 is 2.70 bits per heavy atom. The monoisotopic (exact) mass is 375 g/mol. The van der Waals surface area contributed by atoms with Crippen LogP contribution in [0.3, 0.4) is 0 Å². The first kappa shape index (κ1) is 17.1. The number of carbonyl (C=O) groups is 1. The second kappa shape index (κ2) is 7.51. The van der Waals surface area contributed by atoms with Gasteiger partial charge < -0.3 is 9.88 Å². The molecule has 0 fully saturated rings. The lowest BCUT2D eigenvalue weighted by Gasteiger charge is -2.06. The van der Waals surface area contributed by atoms with E-state index in [1.807, 2.05) is 60.3 Å². The Kier molecular flexibility index (Phi) is 4.76. The van der Waals surface area contributed by atoms with Crippen molar-refractivity contribution in [3.63, 3.8) is 0 Å². The van der Waals surface area contributed by atoms with Crippen molar-refractivity contribution in [1.82, 2.24) is 24.8 Å². The van der Waals surface area contributed by atoms with Crippen molar-refractivity contribution in [1.29, 1.82) is 0 Å². The Morgan fingerprint density at radius 1 is 1.15 bits per heavy atom. The lowest BCUT2D eigenvalue weighted by molar-refractivity contribution is 0.0954. The van der Waals surface area contributed by atoms with Gasteiger partial charge in [0.2, 0.25) is 0 Å². The summed E-state index contributed by atoms with van der Waals surface area (Å²) in [5, 5.41) is 3.76. The normalized spacial score (nSPS) is 10.7. The molecule has 1 N–H and O–H groups in total. The van der Waals surface area contributed by atoms with Crippen molar-refractivity contribution in [2.24, 2.45) is 0 Å². The van der Waals surface area contributed by atoms with Crippen LogP contribution in [0.2, 0.25) is 0 Å². The third kappa shape index (κ3) is 3.78. The highest BCUT2D eigenvalue weighted by atomic mass is 32.1. The number of nitrogens with zero attached hydrogens (tertiary/aromatic N) is 4. The summed E-state index contributed by atoms with van der Waals surface area (Å²) >= 11 is 1.38. The van der Waals surface area contributed by atoms with E-state index >= 15 is 0 Å².